The summed E-state index contributed by atoms with van der Waals surface area (Å²) in [5.41, 5.74) is 2.16. The molecule has 0 bridgehead atoms. The number of piperidine rings is 1. The predicted molar refractivity (Wildman–Crippen MR) is 81.5 cm³/mol. The molecule has 2 aromatic heterocycles. The summed E-state index contributed by atoms with van der Waals surface area (Å²) < 4.78 is 5.05. The van der Waals surface area contributed by atoms with Gasteiger partial charge >= 0.3 is 0 Å². The van der Waals surface area contributed by atoms with E-state index < -0.39 is 0 Å². The number of rotatable bonds is 4. The van der Waals surface area contributed by atoms with Crippen LogP contribution in [0, 0.1) is 6.92 Å². The van der Waals surface area contributed by atoms with Gasteiger partial charge in [0.05, 0.1) is 17.9 Å². The Morgan fingerprint density at radius 2 is 2.41 bits per heavy atom. The molecule has 0 aliphatic carbocycles. The summed E-state index contributed by atoms with van der Waals surface area (Å²) in [6, 6.07) is 1.75. The Morgan fingerprint density at radius 1 is 1.55 bits per heavy atom. The van der Waals surface area contributed by atoms with E-state index in [0.717, 1.165) is 37.1 Å². The molecule has 0 spiro atoms. The average Bonchev–Trinajstić information content (AvgIpc) is 3.13. The Bertz CT molecular complexity index is 652. The Morgan fingerprint density at radius 3 is 3.09 bits per heavy atom. The predicted octanol–water partition coefficient (Wildman–Crippen LogP) is 3.05. The summed E-state index contributed by atoms with van der Waals surface area (Å²) in [4.78, 5) is 14.6. The third kappa shape index (κ3) is 3.16. The molecule has 1 atom stereocenters. The number of nitrogens with one attached hydrogen (secondary N) is 1. The molecule has 6 nitrogen and oxygen atoms in total. The molecule has 3 rings (SSSR count). The van der Waals surface area contributed by atoms with E-state index in [1.165, 1.54) is 0 Å². The number of likely N-dealkylation sites (tertiary alicyclic amines) is 1. The van der Waals surface area contributed by atoms with Gasteiger partial charge in [0.15, 0.2) is 5.15 Å². The monoisotopic (exact) mass is 322 g/mol. The van der Waals surface area contributed by atoms with Gasteiger partial charge in [-0.3, -0.25) is 9.89 Å². The molecule has 118 valence electrons. The summed E-state index contributed by atoms with van der Waals surface area (Å²) in [5.74, 6) is 0.774. The number of carbonyl (C=O) groups is 1. The van der Waals surface area contributed by atoms with Crippen LogP contribution in [0.5, 0.6) is 0 Å². The van der Waals surface area contributed by atoms with E-state index in [9.17, 15) is 4.79 Å². The highest BCUT2D eigenvalue weighted by Gasteiger charge is 2.29. The van der Waals surface area contributed by atoms with E-state index >= 15 is 0 Å². The van der Waals surface area contributed by atoms with Crippen molar-refractivity contribution in [2.75, 3.05) is 6.54 Å². The molecule has 22 heavy (non-hydrogen) atoms. The first-order valence-corrected chi connectivity index (χ1v) is 7.93. The minimum Gasteiger partial charge on any atom is -0.360 e. The molecule has 0 unspecified atom stereocenters. The van der Waals surface area contributed by atoms with Gasteiger partial charge in [0.1, 0.15) is 5.76 Å². The number of aryl methyl sites for hydroxylation is 2. The first-order valence-electron chi connectivity index (χ1n) is 7.55. The fraction of sp³-hybridized carbons (Fsp3) is 0.533. The van der Waals surface area contributed by atoms with Gasteiger partial charge in [0, 0.05) is 25.5 Å². The quantitative estimate of drug-likeness (QED) is 0.938. The molecule has 3 heterocycles. The second-order valence-corrected chi connectivity index (χ2v) is 6.07. The van der Waals surface area contributed by atoms with Gasteiger partial charge in [-0.05, 0) is 31.7 Å². The average molecular weight is 323 g/mol. The minimum atomic E-state index is 0.0991. The molecule has 1 aliphatic heterocycles. The second kappa shape index (κ2) is 6.52. The number of hydrogen-bond donors (Lipinski definition) is 1. The van der Waals surface area contributed by atoms with Gasteiger partial charge < -0.3 is 9.42 Å². The van der Waals surface area contributed by atoms with Gasteiger partial charge in [-0.2, -0.15) is 5.10 Å². The van der Waals surface area contributed by atoms with Gasteiger partial charge in [0.2, 0.25) is 5.91 Å². The Hall–Kier alpha value is -1.82. The number of H-pyrrole nitrogens is 1. The van der Waals surface area contributed by atoms with Gasteiger partial charge in [-0.15, -0.1) is 0 Å². The Balaban J connectivity index is 1.67. The number of amides is 1. The normalized spacial score (nSPS) is 18.6. The van der Waals surface area contributed by atoms with Crippen LogP contribution in [0.4, 0.5) is 0 Å². The Labute approximate surface area is 133 Å². The maximum Gasteiger partial charge on any atom is 0.223 e. The van der Waals surface area contributed by atoms with Crippen molar-refractivity contribution < 1.29 is 9.32 Å². The van der Waals surface area contributed by atoms with Crippen molar-refractivity contribution in [2.45, 2.75) is 45.1 Å². The molecule has 1 fully saturated rings. The van der Waals surface area contributed by atoms with Crippen LogP contribution in [-0.2, 0) is 11.2 Å². The zero-order chi connectivity index (χ0) is 15.5. The van der Waals surface area contributed by atoms with Crippen LogP contribution in [0.25, 0.3) is 0 Å². The number of halogens is 1. The molecule has 0 radical (unpaired) electrons. The van der Waals surface area contributed by atoms with Gasteiger partial charge in [-0.1, -0.05) is 16.8 Å². The van der Waals surface area contributed by atoms with Crippen molar-refractivity contribution in [1.82, 2.24) is 20.3 Å². The van der Waals surface area contributed by atoms with Crippen LogP contribution in [0.2, 0.25) is 5.15 Å². The minimum absolute atomic E-state index is 0.0991. The highest BCUT2D eigenvalue weighted by molar-refractivity contribution is 6.29. The maximum atomic E-state index is 12.6. The third-order valence-electron chi connectivity index (χ3n) is 4.14. The van der Waals surface area contributed by atoms with Crippen molar-refractivity contribution in [3.05, 3.63) is 34.4 Å². The summed E-state index contributed by atoms with van der Waals surface area (Å²) in [6.07, 6.45) is 5.87. The van der Waals surface area contributed by atoms with Crippen molar-refractivity contribution in [3.63, 3.8) is 0 Å². The fourth-order valence-electron chi connectivity index (χ4n) is 3.00. The Kier molecular flexibility index (Phi) is 4.47. The largest absolute Gasteiger partial charge is 0.360 e. The molecule has 1 aliphatic rings. The van der Waals surface area contributed by atoms with Crippen LogP contribution in [0.1, 0.15) is 48.7 Å². The number of nitrogens with zero attached hydrogens (tertiary/aromatic N) is 3. The van der Waals surface area contributed by atoms with E-state index in [-0.39, 0.29) is 11.9 Å². The highest BCUT2D eigenvalue weighted by Crippen LogP contribution is 2.32. The summed E-state index contributed by atoms with van der Waals surface area (Å²) in [5, 5.41) is 11.1. The van der Waals surface area contributed by atoms with E-state index in [2.05, 4.69) is 15.4 Å². The molecule has 0 aromatic carbocycles. The zero-order valence-electron chi connectivity index (χ0n) is 12.5. The van der Waals surface area contributed by atoms with E-state index in [0.29, 0.717) is 23.8 Å². The van der Waals surface area contributed by atoms with Crippen molar-refractivity contribution >= 4 is 17.5 Å². The van der Waals surface area contributed by atoms with Crippen LogP contribution in [0.3, 0.4) is 0 Å². The second-order valence-electron chi connectivity index (χ2n) is 5.68. The van der Waals surface area contributed by atoms with Crippen molar-refractivity contribution in [3.8, 4) is 0 Å². The fourth-order valence-corrected chi connectivity index (χ4v) is 3.16. The molecule has 1 N–H and O–H groups in total. The number of carbonyl (C=O) groups excluding carboxylic acids is 1. The molecule has 0 saturated carbocycles. The lowest BCUT2D eigenvalue weighted by molar-refractivity contribution is -0.135. The zero-order valence-corrected chi connectivity index (χ0v) is 13.3. The molecule has 7 heteroatoms. The van der Waals surface area contributed by atoms with Crippen LogP contribution in [-0.4, -0.2) is 32.7 Å². The molecule has 1 saturated heterocycles. The maximum absolute atomic E-state index is 12.6. The van der Waals surface area contributed by atoms with Crippen LogP contribution in [0.15, 0.2) is 16.8 Å². The molecular weight excluding hydrogens is 304 g/mol. The van der Waals surface area contributed by atoms with Crippen LogP contribution < -0.4 is 0 Å². The number of aromatic nitrogens is 3. The SMILES string of the molecule is Cc1cn[nH]c1[C@H]1CCCCN1C(=O)CCc1cc(Cl)no1. The third-order valence-corrected chi connectivity index (χ3v) is 4.32. The van der Waals surface area contributed by atoms with Crippen molar-refractivity contribution in [2.24, 2.45) is 0 Å². The van der Waals surface area contributed by atoms with Crippen LogP contribution >= 0.6 is 11.6 Å². The van der Waals surface area contributed by atoms with E-state index in [4.69, 9.17) is 16.1 Å². The first kappa shape index (κ1) is 15.1. The van der Waals surface area contributed by atoms with E-state index in [1.54, 1.807) is 6.07 Å². The topological polar surface area (TPSA) is 75.0 Å². The molecular formula is C15H19ClN4O2. The highest BCUT2D eigenvalue weighted by atomic mass is 35.5. The smallest absolute Gasteiger partial charge is 0.223 e. The van der Waals surface area contributed by atoms with Gasteiger partial charge in [0.25, 0.3) is 0 Å². The summed E-state index contributed by atoms with van der Waals surface area (Å²) >= 11 is 5.72. The lowest BCUT2D eigenvalue weighted by atomic mass is 9.97. The summed E-state index contributed by atoms with van der Waals surface area (Å²) in [7, 11) is 0. The van der Waals surface area contributed by atoms with Crippen molar-refractivity contribution in [1.29, 1.82) is 0 Å². The number of aromatic amines is 1. The number of hydrogen-bond acceptors (Lipinski definition) is 4. The molecule has 2 aromatic rings. The molecule has 1 amide bonds. The standard InChI is InChI=1S/C15H19ClN4O2/c1-10-9-17-18-15(10)12-4-2-3-7-20(12)14(21)6-5-11-8-13(16)19-22-11/h8-9,12H,2-7H2,1H3,(H,17,18)/t12-/m1/s1. The lowest BCUT2D eigenvalue weighted by Crippen LogP contribution is -2.39. The first-order chi connectivity index (χ1) is 10.6. The lowest BCUT2D eigenvalue weighted by Gasteiger charge is -2.35. The van der Waals surface area contributed by atoms with Gasteiger partial charge in [-0.25, -0.2) is 0 Å². The summed E-state index contributed by atoms with van der Waals surface area (Å²) in [6.45, 7) is 2.81. The van der Waals surface area contributed by atoms with E-state index in [1.807, 2.05) is 18.0 Å².